The number of methoxy groups -OCH3 is 1. The predicted molar refractivity (Wildman–Crippen MR) is 64.3 cm³/mol. The molecule has 1 rings (SSSR count). The maximum atomic E-state index is 11.5. The number of ether oxygens (including phenoxy) is 1. The van der Waals surface area contributed by atoms with Gasteiger partial charge in [-0.25, -0.2) is 4.79 Å². The van der Waals surface area contributed by atoms with E-state index in [1.54, 1.807) is 0 Å². The van der Waals surface area contributed by atoms with Gasteiger partial charge in [0.05, 0.1) is 7.11 Å². The Morgan fingerprint density at radius 2 is 2.06 bits per heavy atom. The fourth-order valence-corrected chi connectivity index (χ4v) is 1.42. The first-order valence-corrected chi connectivity index (χ1v) is 5.22. The summed E-state index contributed by atoms with van der Waals surface area (Å²) in [7, 11) is 1.29. The third-order valence-corrected chi connectivity index (χ3v) is 2.27. The maximum absolute atomic E-state index is 11.5. The second kappa shape index (κ2) is 6.48. The van der Waals surface area contributed by atoms with Crippen molar-refractivity contribution in [2.24, 2.45) is 0 Å². The Morgan fingerprint density at radius 3 is 2.59 bits per heavy atom. The molecular formula is C13H15NO3. The Hall–Kier alpha value is -2.10. The molecule has 0 aliphatic heterocycles. The Kier molecular flexibility index (Phi) is 4.94. The summed E-state index contributed by atoms with van der Waals surface area (Å²) in [5.41, 5.74) is 0.951. The smallest absolute Gasteiger partial charge is 0.328 e. The summed E-state index contributed by atoms with van der Waals surface area (Å²) in [6.45, 7) is 3.34. The molecule has 17 heavy (non-hydrogen) atoms. The van der Waals surface area contributed by atoms with Crippen molar-refractivity contribution in [1.82, 2.24) is 5.32 Å². The van der Waals surface area contributed by atoms with E-state index in [-0.39, 0.29) is 0 Å². The molecule has 0 aromatic heterocycles. The first-order valence-electron chi connectivity index (χ1n) is 5.22. The lowest BCUT2D eigenvalue weighted by molar-refractivity contribution is -0.144. The van der Waals surface area contributed by atoms with Gasteiger partial charge in [0, 0.05) is 6.42 Å². The zero-order valence-corrected chi connectivity index (χ0v) is 9.68. The minimum Gasteiger partial charge on any atom is -0.467 e. The van der Waals surface area contributed by atoms with Crippen LogP contribution in [0.4, 0.5) is 0 Å². The van der Waals surface area contributed by atoms with Crippen molar-refractivity contribution in [1.29, 1.82) is 0 Å². The third kappa shape index (κ3) is 4.10. The second-order valence-electron chi connectivity index (χ2n) is 3.48. The SMILES string of the molecule is C=CC(=O)NC(Cc1ccccc1)C(=O)OC. The minimum absolute atomic E-state index is 0.392. The molecule has 0 radical (unpaired) electrons. The molecule has 1 amide bonds. The van der Waals surface area contributed by atoms with Crippen molar-refractivity contribution in [2.45, 2.75) is 12.5 Å². The quantitative estimate of drug-likeness (QED) is 0.611. The summed E-state index contributed by atoms with van der Waals surface area (Å²) < 4.78 is 4.64. The number of carbonyl (C=O) groups is 2. The highest BCUT2D eigenvalue weighted by Gasteiger charge is 2.20. The summed E-state index contributed by atoms with van der Waals surface area (Å²) in [5.74, 6) is -0.861. The molecule has 0 aliphatic carbocycles. The van der Waals surface area contributed by atoms with Gasteiger partial charge in [-0.05, 0) is 11.6 Å². The molecule has 1 atom stereocenters. The molecule has 90 valence electrons. The predicted octanol–water partition coefficient (Wildman–Crippen LogP) is 1.07. The van der Waals surface area contributed by atoms with E-state index >= 15 is 0 Å². The zero-order valence-electron chi connectivity index (χ0n) is 9.68. The topological polar surface area (TPSA) is 55.4 Å². The van der Waals surface area contributed by atoms with Gasteiger partial charge in [0.15, 0.2) is 0 Å². The fourth-order valence-electron chi connectivity index (χ4n) is 1.42. The van der Waals surface area contributed by atoms with Crippen LogP contribution in [0.15, 0.2) is 43.0 Å². The van der Waals surface area contributed by atoms with E-state index in [9.17, 15) is 9.59 Å². The molecule has 1 aromatic rings. The average molecular weight is 233 g/mol. The fraction of sp³-hybridized carbons (Fsp3) is 0.231. The van der Waals surface area contributed by atoms with Crippen LogP contribution < -0.4 is 5.32 Å². The van der Waals surface area contributed by atoms with Crippen molar-refractivity contribution in [3.63, 3.8) is 0 Å². The molecule has 0 spiro atoms. The molecule has 0 bridgehead atoms. The van der Waals surface area contributed by atoms with Crippen LogP contribution >= 0.6 is 0 Å². The van der Waals surface area contributed by atoms with Gasteiger partial charge in [0.25, 0.3) is 0 Å². The van der Waals surface area contributed by atoms with Gasteiger partial charge in [-0.2, -0.15) is 0 Å². The van der Waals surface area contributed by atoms with Crippen molar-refractivity contribution in [2.75, 3.05) is 7.11 Å². The van der Waals surface area contributed by atoms with Crippen LogP contribution in [0, 0.1) is 0 Å². The molecule has 0 saturated heterocycles. The van der Waals surface area contributed by atoms with Crippen LogP contribution in [-0.2, 0) is 20.7 Å². The van der Waals surface area contributed by atoms with E-state index < -0.39 is 17.9 Å². The Bertz CT molecular complexity index is 400. The molecule has 0 fully saturated rings. The molecule has 1 aromatic carbocycles. The maximum Gasteiger partial charge on any atom is 0.328 e. The van der Waals surface area contributed by atoms with E-state index in [2.05, 4.69) is 16.6 Å². The Labute approximate surface area is 100 Å². The number of esters is 1. The summed E-state index contributed by atoms with van der Waals surface area (Å²) in [6.07, 6.45) is 1.52. The van der Waals surface area contributed by atoms with Gasteiger partial charge < -0.3 is 10.1 Å². The van der Waals surface area contributed by atoms with Gasteiger partial charge in [0.2, 0.25) is 5.91 Å². The van der Waals surface area contributed by atoms with Gasteiger partial charge in [-0.1, -0.05) is 36.9 Å². The molecule has 4 nitrogen and oxygen atoms in total. The van der Waals surface area contributed by atoms with Gasteiger partial charge in [0.1, 0.15) is 6.04 Å². The van der Waals surface area contributed by atoms with E-state index in [0.29, 0.717) is 6.42 Å². The first-order chi connectivity index (χ1) is 8.17. The van der Waals surface area contributed by atoms with E-state index in [4.69, 9.17) is 0 Å². The number of hydrogen-bond donors (Lipinski definition) is 1. The van der Waals surface area contributed by atoms with E-state index in [1.165, 1.54) is 7.11 Å². The number of carbonyl (C=O) groups excluding carboxylic acids is 2. The molecule has 0 aliphatic rings. The van der Waals surface area contributed by atoms with Crippen LogP contribution in [0.3, 0.4) is 0 Å². The normalized spacial score (nSPS) is 11.4. The van der Waals surface area contributed by atoms with Gasteiger partial charge in [-0.15, -0.1) is 0 Å². The highest BCUT2D eigenvalue weighted by Crippen LogP contribution is 2.04. The van der Waals surface area contributed by atoms with Gasteiger partial charge in [-0.3, -0.25) is 4.79 Å². The minimum atomic E-state index is -0.687. The number of rotatable bonds is 5. The molecular weight excluding hydrogens is 218 g/mol. The molecule has 0 heterocycles. The lowest BCUT2D eigenvalue weighted by atomic mass is 10.1. The summed E-state index contributed by atoms with van der Waals surface area (Å²) in [5, 5.41) is 2.53. The van der Waals surface area contributed by atoms with Gasteiger partial charge >= 0.3 is 5.97 Å². The van der Waals surface area contributed by atoms with Crippen LogP contribution in [0.2, 0.25) is 0 Å². The molecule has 1 unspecified atom stereocenters. The number of benzene rings is 1. The van der Waals surface area contributed by atoms with E-state index in [0.717, 1.165) is 11.6 Å². The Morgan fingerprint density at radius 1 is 1.41 bits per heavy atom. The standard InChI is InChI=1S/C13H15NO3/c1-3-12(15)14-11(13(16)17-2)9-10-7-5-4-6-8-10/h3-8,11H,1,9H2,2H3,(H,14,15). The van der Waals surface area contributed by atoms with Crippen molar-refractivity contribution in [3.8, 4) is 0 Å². The number of hydrogen-bond acceptors (Lipinski definition) is 3. The lowest BCUT2D eigenvalue weighted by Gasteiger charge is -2.15. The number of nitrogens with one attached hydrogen (secondary N) is 1. The monoisotopic (exact) mass is 233 g/mol. The van der Waals surface area contributed by atoms with Crippen LogP contribution in [0.1, 0.15) is 5.56 Å². The van der Waals surface area contributed by atoms with Crippen LogP contribution in [0.25, 0.3) is 0 Å². The van der Waals surface area contributed by atoms with Crippen LogP contribution in [-0.4, -0.2) is 25.0 Å². The lowest BCUT2D eigenvalue weighted by Crippen LogP contribution is -2.42. The highest BCUT2D eigenvalue weighted by molar-refractivity contribution is 5.91. The molecule has 4 heteroatoms. The van der Waals surface area contributed by atoms with Crippen molar-refractivity contribution in [3.05, 3.63) is 48.6 Å². The van der Waals surface area contributed by atoms with Crippen molar-refractivity contribution < 1.29 is 14.3 Å². The molecule has 1 N–H and O–H groups in total. The second-order valence-corrected chi connectivity index (χ2v) is 3.48. The third-order valence-electron chi connectivity index (χ3n) is 2.27. The summed E-state index contributed by atoms with van der Waals surface area (Å²) in [6, 6.07) is 8.72. The van der Waals surface area contributed by atoms with Crippen LogP contribution in [0.5, 0.6) is 0 Å². The summed E-state index contributed by atoms with van der Waals surface area (Å²) >= 11 is 0. The largest absolute Gasteiger partial charge is 0.467 e. The first kappa shape index (κ1) is 13.0. The average Bonchev–Trinajstić information content (AvgIpc) is 2.38. The van der Waals surface area contributed by atoms with E-state index in [1.807, 2.05) is 30.3 Å². The number of amides is 1. The van der Waals surface area contributed by atoms with Crippen molar-refractivity contribution >= 4 is 11.9 Å². The summed E-state index contributed by atoms with van der Waals surface area (Å²) in [4.78, 5) is 22.7. The Balaban J connectivity index is 2.73. The molecule has 0 saturated carbocycles. The zero-order chi connectivity index (χ0) is 12.7. The highest BCUT2D eigenvalue weighted by atomic mass is 16.5.